The molecule has 2 amide bonds. The number of anilines is 1. The summed E-state index contributed by atoms with van der Waals surface area (Å²) in [5, 5.41) is 18.9. The van der Waals surface area contributed by atoms with E-state index >= 15 is 0 Å². The van der Waals surface area contributed by atoms with E-state index in [9.17, 15) is 9.90 Å². The molecule has 1 saturated carbocycles. The Balaban J connectivity index is 1.95. The number of amides is 2. The molecule has 0 aliphatic heterocycles. The molecule has 6 heteroatoms. The molecule has 1 fully saturated rings. The molecule has 3 N–H and O–H groups in total. The predicted octanol–water partition coefficient (Wildman–Crippen LogP) is 2.44. The molecule has 112 valence electrons. The fourth-order valence-corrected chi connectivity index (χ4v) is 2.84. The standard InChI is InChI=1S/C14H23N3O3/c1-10-8-12(17-20-10)15-13(19)16-14(2,9-18)11-6-4-3-5-7-11/h8,11,18H,3-7,9H2,1-2H3,(H2,15,16,17,19)/t14-/m1/s1. The van der Waals surface area contributed by atoms with E-state index in [1.165, 1.54) is 6.42 Å². The first-order valence-corrected chi connectivity index (χ1v) is 7.17. The zero-order chi connectivity index (χ0) is 14.6. The highest BCUT2D eigenvalue weighted by atomic mass is 16.5. The number of aryl methyl sites for hydroxylation is 1. The summed E-state index contributed by atoms with van der Waals surface area (Å²) in [6.07, 6.45) is 5.64. The molecule has 1 atom stereocenters. The lowest BCUT2D eigenvalue weighted by Gasteiger charge is -2.39. The number of aliphatic hydroxyl groups excluding tert-OH is 1. The van der Waals surface area contributed by atoms with Crippen LogP contribution in [-0.4, -0.2) is 28.4 Å². The van der Waals surface area contributed by atoms with Gasteiger partial charge < -0.3 is 14.9 Å². The van der Waals surface area contributed by atoms with E-state index in [0.717, 1.165) is 25.7 Å². The first kappa shape index (κ1) is 14.8. The van der Waals surface area contributed by atoms with Gasteiger partial charge in [0.25, 0.3) is 0 Å². The molecule has 0 radical (unpaired) electrons. The van der Waals surface area contributed by atoms with Crippen molar-refractivity contribution in [1.29, 1.82) is 0 Å². The van der Waals surface area contributed by atoms with Gasteiger partial charge in [-0.05, 0) is 32.6 Å². The number of nitrogens with one attached hydrogen (secondary N) is 2. The van der Waals surface area contributed by atoms with Crippen LogP contribution in [0.1, 0.15) is 44.8 Å². The van der Waals surface area contributed by atoms with Crippen LogP contribution in [0.4, 0.5) is 10.6 Å². The van der Waals surface area contributed by atoms with E-state index in [1.54, 1.807) is 13.0 Å². The van der Waals surface area contributed by atoms with Crippen molar-refractivity contribution in [3.8, 4) is 0 Å². The van der Waals surface area contributed by atoms with Crippen LogP contribution in [0.2, 0.25) is 0 Å². The van der Waals surface area contributed by atoms with Crippen LogP contribution < -0.4 is 10.6 Å². The molecule has 2 rings (SSSR count). The summed E-state index contributed by atoms with van der Waals surface area (Å²) in [4.78, 5) is 12.0. The summed E-state index contributed by atoms with van der Waals surface area (Å²) in [6, 6.07) is 1.29. The van der Waals surface area contributed by atoms with Crippen molar-refractivity contribution < 1.29 is 14.4 Å². The van der Waals surface area contributed by atoms with Crippen LogP contribution in [0.5, 0.6) is 0 Å². The van der Waals surface area contributed by atoms with Crippen molar-refractivity contribution in [2.45, 2.75) is 51.5 Å². The second-order valence-corrected chi connectivity index (χ2v) is 5.81. The number of aliphatic hydroxyl groups is 1. The number of rotatable bonds is 4. The maximum Gasteiger partial charge on any atom is 0.321 e. The van der Waals surface area contributed by atoms with Gasteiger partial charge in [0.15, 0.2) is 5.82 Å². The summed E-state index contributed by atoms with van der Waals surface area (Å²) < 4.78 is 4.90. The molecule has 1 aliphatic carbocycles. The molecule has 1 aliphatic rings. The number of hydrogen-bond acceptors (Lipinski definition) is 4. The summed E-state index contributed by atoms with van der Waals surface area (Å²) in [5.74, 6) is 1.33. The van der Waals surface area contributed by atoms with Gasteiger partial charge in [-0.25, -0.2) is 4.79 Å². The van der Waals surface area contributed by atoms with Gasteiger partial charge in [0.2, 0.25) is 0 Å². The van der Waals surface area contributed by atoms with Crippen LogP contribution >= 0.6 is 0 Å². The van der Waals surface area contributed by atoms with Crippen LogP contribution in [0.3, 0.4) is 0 Å². The topological polar surface area (TPSA) is 87.4 Å². The van der Waals surface area contributed by atoms with Gasteiger partial charge in [-0.2, -0.15) is 0 Å². The monoisotopic (exact) mass is 281 g/mol. The van der Waals surface area contributed by atoms with Crippen LogP contribution in [0, 0.1) is 12.8 Å². The highest BCUT2D eigenvalue weighted by molar-refractivity contribution is 5.88. The van der Waals surface area contributed by atoms with Crippen molar-refractivity contribution in [2.24, 2.45) is 5.92 Å². The third-order valence-corrected chi connectivity index (χ3v) is 4.10. The zero-order valence-corrected chi connectivity index (χ0v) is 12.1. The molecule has 0 unspecified atom stereocenters. The van der Waals surface area contributed by atoms with Gasteiger partial charge >= 0.3 is 6.03 Å². The van der Waals surface area contributed by atoms with Crippen molar-refractivity contribution >= 4 is 11.8 Å². The quantitative estimate of drug-likeness (QED) is 0.791. The van der Waals surface area contributed by atoms with E-state index < -0.39 is 5.54 Å². The van der Waals surface area contributed by atoms with Gasteiger partial charge in [0.05, 0.1) is 12.1 Å². The van der Waals surface area contributed by atoms with Crippen LogP contribution in [0.15, 0.2) is 10.6 Å². The lowest BCUT2D eigenvalue weighted by molar-refractivity contribution is 0.103. The number of carbonyl (C=O) groups is 1. The van der Waals surface area contributed by atoms with E-state index in [-0.39, 0.29) is 12.6 Å². The summed E-state index contributed by atoms with van der Waals surface area (Å²) in [5.41, 5.74) is -0.594. The van der Waals surface area contributed by atoms with Gasteiger partial charge in [0, 0.05) is 6.07 Å². The van der Waals surface area contributed by atoms with Crippen molar-refractivity contribution in [1.82, 2.24) is 10.5 Å². The first-order chi connectivity index (χ1) is 9.53. The first-order valence-electron chi connectivity index (χ1n) is 7.17. The fourth-order valence-electron chi connectivity index (χ4n) is 2.84. The Hall–Kier alpha value is -1.56. The molecule has 0 saturated heterocycles. The Labute approximate surface area is 118 Å². The minimum absolute atomic E-state index is 0.0665. The summed E-state index contributed by atoms with van der Waals surface area (Å²) in [6.45, 7) is 3.59. The third kappa shape index (κ3) is 3.50. The molecular formula is C14H23N3O3. The molecule has 0 spiro atoms. The predicted molar refractivity (Wildman–Crippen MR) is 75.5 cm³/mol. The van der Waals surface area contributed by atoms with Crippen LogP contribution in [-0.2, 0) is 0 Å². The van der Waals surface area contributed by atoms with Gasteiger partial charge in [-0.1, -0.05) is 24.4 Å². The highest BCUT2D eigenvalue weighted by Crippen LogP contribution is 2.32. The second kappa shape index (κ2) is 6.26. The minimum atomic E-state index is -0.594. The Morgan fingerprint density at radius 1 is 1.50 bits per heavy atom. The average Bonchev–Trinajstić information content (AvgIpc) is 2.84. The van der Waals surface area contributed by atoms with Gasteiger partial charge in [-0.15, -0.1) is 0 Å². The van der Waals surface area contributed by atoms with Crippen molar-refractivity contribution in [3.05, 3.63) is 11.8 Å². The third-order valence-electron chi connectivity index (χ3n) is 4.10. The van der Waals surface area contributed by atoms with E-state index in [2.05, 4.69) is 15.8 Å². The molecule has 0 aromatic carbocycles. The molecule has 6 nitrogen and oxygen atoms in total. The number of urea groups is 1. The molecule has 20 heavy (non-hydrogen) atoms. The normalized spacial score (nSPS) is 19.4. The molecule has 1 heterocycles. The Morgan fingerprint density at radius 3 is 2.75 bits per heavy atom. The molecule has 1 aromatic rings. The fraction of sp³-hybridized carbons (Fsp3) is 0.714. The zero-order valence-electron chi connectivity index (χ0n) is 12.1. The Kier molecular flexibility index (Phi) is 4.65. The number of carbonyl (C=O) groups excluding carboxylic acids is 1. The van der Waals surface area contributed by atoms with Gasteiger partial charge in [-0.3, -0.25) is 5.32 Å². The molecular weight excluding hydrogens is 258 g/mol. The SMILES string of the molecule is Cc1cc(NC(=O)N[C@](C)(CO)C2CCCCC2)no1. The summed E-state index contributed by atoms with van der Waals surface area (Å²) in [7, 11) is 0. The maximum atomic E-state index is 12.0. The minimum Gasteiger partial charge on any atom is -0.394 e. The van der Waals surface area contributed by atoms with Crippen molar-refractivity contribution in [3.63, 3.8) is 0 Å². The largest absolute Gasteiger partial charge is 0.394 e. The Morgan fingerprint density at radius 2 is 2.20 bits per heavy atom. The smallest absolute Gasteiger partial charge is 0.321 e. The Bertz CT molecular complexity index is 454. The highest BCUT2D eigenvalue weighted by Gasteiger charge is 2.35. The second-order valence-electron chi connectivity index (χ2n) is 5.81. The lowest BCUT2D eigenvalue weighted by atomic mass is 9.76. The van der Waals surface area contributed by atoms with E-state index in [1.807, 2.05) is 6.92 Å². The number of hydrogen-bond donors (Lipinski definition) is 3. The van der Waals surface area contributed by atoms with E-state index in [0.29, 0.717) is 17.5 Å². The van der Waals surface area contributed by atoms with Gasteiger partial charge in [0.1, 0.15) is 5.76 Å². The molecule has 1 aromatic heterocycles. The van der Waals surface area contributed by atoms with E-state index in [4.69, 9.17) is 4.52 Å². The van der Waals surface area contributed by atoms with Crippen molar-refractivity contribution in [2.75, 3.05) is 11.9 Å². The average molecular weight is 281 g/mol. The lowest BCUT2D eigenvalue weighted by Crippen LogP contribution is -2.55. The van der Waals surface area contributed by atoms with Crippen LogP contribution in [0.25, 0.3) is 0 Å². The molecule has 0 bridgehead atoms. The number of nitrogens with zero attached hydrogens (tertiary/aromatic N) is 1. The summed E-state index contributed by atoms with van der Waals surface area (Å²) >= 11 is 0. The number of aromatic nitrogens is 1. The maximum absolute atomic E-state index is 12.0.